The molecule has 31 heavy (non-hydrogen) atoms. The molecule has 0 aliphatic carbocycles. The predicted octanol–water partition coefficient (Wildman–Crippen LogP) is 2.75. The normalized spacial score (nSPS) is 19.4. The van der Waals surface area contributed by atoms with Crippen LogP contribution < -0.4 is 9.04 Å². The van der Waals surface area contributed by atoms with Crippen molar-refractivity contribution in [3.8, 4) is 5.75 Å². The summed E-state index contributed by atoms with van der Waals surface area (Å²) in [5.74, 6) is 1.19. The number of anilines is 1. The zero-order valence-corrected chi connectivity index (χ0v) is 19.9. The van der Waals surface area contributed by atoms with Gasteiger partial charge in [0.1, 0.15) is 17.2 Å². The number of aryl methyl sites for hydroxylation is 2. The van der Waals surface area contributed by atoms with Crippen LogP contribution in [0.3, 0.4) is 0 Å². The highest BCUT2D eigenvalue weighted by atomic mass is 32.2. The Balaban J connectivity index is 2.01. The lowest BCUT2D eigenvalue weighted by Gasteiger charge is -2.36. The number of hydrogen-bond acceptors (Lipinski definition) is 5. The molecule has 1 fully saturated rings. The van der Waals surface area contributed by atoms with Gasteiger partial charge in [0.2, 0.25) is 5.91 Å². The first kappa shape index (κ1) is 23.1. The van der Waals surface area contributed by atoms with Crippen molar-refractivity contribution in [2.24, 2.45) is 18.9 Å². The van der Waals surface area contributed by atoms with Gasteiger partial charge in [0.05, 0.1) is 24.2 Å². The SMILES string of the molecule is COc1ccc(N(CC(=O)N2C[C@H](C)C[C@@H](C)C2)S(=O)(=O)c2c(C)nn(C)c2C)cc1. The van der Waals surface area contributed by atoms with E-state index in [9.17, 15) is 13.2 Å². The third-order valence-corrected chi connectivity index (χ3v) is 7.88. The smallest absolute Gasteiger partial charge is 0.268 e. The van der Waals surface area contributed by atoms with Crippen LogP contribution in [0.15, 0.2) is 29.2 Å². The van der Waals surface area contributed by atoms with Crippen molar-refractivity contribution in [2.45, 2.75) is 39.0 Å². The van der Waals surface area contributed by atoms with Gasteiger partial charge in [-0.15, -0.1) is 0 Å². The molecule has 0 unspecified atom stereocenters. The van der Waals surface area contributed by atoms with Gasteiger partial charge in [-0.3, -0.25) is 13.8 Å². The van der Waals surface area contributed by atoms with Gasteiger partial charge < -0.3 is 9.64 Å². The molecule has 1 saturated heterocycles. The molecule has 3 rings (SSSR count). The van der Waals surface area contributed by atoms with Crippen molar-refractivity contribution in [1.82, 2.24) is 14.7 Å². The second-order valence-electron chi connectivity index (χ2n) is 8.58. The number of nitrogens with zero attached hydrogens (tertiary/aromatic N) is 4. The van der Waals surface area contributed by atoms with Crippen LogP contribution in [0.25, 0.3) is 0 Å². The van der Waals surface area contributed by atoms with Crippen LogP contribution in [-0.2, 0) is 21.9 Å². The fraction of sp³-hybridized carbons (Fsp3) is 0.545. The van der Waals surface area contributed by atoms with Gasteiger partial charge in [-0.25, -0.2) is 8.42 Å². The van der Waals surface area contributed by atoms with E-state index in [2.05, 4.69) is 18.9 Å². The molecule has 9 heteroatoms. The van der Waals surface area contributed by atoms with Crippen LogP contribution in [0.5, 0.6) is 5.75 Å². The number of rotatable bonds is 6. The fourth-order valence-electron chi connectivity index (χ4n) is 4.39. The lowest BCUT2D eigenvalue weighted by Crippen LogP contribution is -2.48. The first-order chi connectivity index (χ1) is 14.5. The van der Waals surface area contributed by atoms with Crippen LogP contribution in [0, 0.1) is 25.7 Å². The Hall–Kier alpha value is -2.55. The maximum Gasteiger partial charge on any atom is 0.268 e. The largest absolute Gasteiger partial charge is 0.497 e. The molecule has 1 amide bonds. The molecule has 1 aliphatic rings. The Morgan fingerprint density at radius 3 is 2.23 bits per heavy atom. The number of methoxy groups -OCH3 is 1. The fourth-order valence-corrected chi connectivity index (χ4v) is 6.21. The number of carbonyl (C=O) groups is 1. The zero-order valence-electron chi connectivity index (χ0n) is 19.1. The molecule has 1 aromatic carbocycles. The van der Waals surface area contributed by atoms with Crippen molar-refractivity contribution in [3.05, 3.63) is 35.7 Å². The van der Waals surface area contributed by atoms with Gasteiger partial charge in [-0.2, -0.15) is 5.10 Å². The molecule has 1 aliphatic heterocycles. The second-order valence-corrected chi connectivity index (χ2v) is 10.4. The Bertz CT molecular complexity index is 1040. The maximum absolute atomic E-state index is 13.8. The van der Waals surface area contributed by atoms with Gasteiger partial charge in [-0.1, -0.05) is 13.8 Å². The Morgan fingerprint density at radius 1 is 1.16 bits per heavy atom. The van der Waals surface area contributed by atoms with Crippen molar-refractivity contribution >= 4 is 21.6 Å². The number of sulfonamides is 1. The van der Waals surface area contributed by atoms with Gasteiger partial charge in [0.15, 0.2) is 0 Å². The Labute approximate surface area is 184 Å². The predicted molar refractivity (Wildman–Crippen MR) is 120 cm³/mol. The number of likely N-dealkylation sites (tertiary alicyclic amines) is 1. The summed E-state index contributed by atoms with van der Waals surface area (Å²) in [4.78, 5) is 15.1. The zero-order chi connectivity index (χ0) is 22.9. The summed E-state index contributed by atoms with van der Waals surface area (Å²) in [6.45, 7) is 8.65. The number of hydrogen-bond donors (Lipinski definition) is 0. The summed E-state index contributed by atoms with van der Waals surface area (Å²) in [6.07, 6.45) is 1.07. The lowest BCUT2D eigenvalue weighted by atomic mass is 9.92. The van der Waals surface area contributed by atoms with Crippen LogP contribution in [-0.4, -0.2) is 55.7 Å². The van der Waals surface area contributed by atoms with Gasteiger partial charge in [0.25, 0.3) is 10.0 Å². The van der Waals surface area contributed by atoms with E-state index in [4.69, 9.17) is 4.74 Å². The highest BCUT2D eigenvalue weighted by Crippen LogP contribution is 2.30. The van der Waals surface area contributed by atoms with E-state index in [0.717, 1.165) is 6.42 Å². The molecule has 0 radical (unpaired) electrons. The molecule has 0 saturated carbocycles. The van der Waals surface area contributed by atoms with Crippen molar-refractivity contribution in [1.29, 1.82) is 0 Å². The van der Waals surface area contributed by atoms with E-state index in [1.54, 1.807) is 61.9 Å². The average molecular weight is 449 g/mol. The summed E-state index contributed by atoms with van der Waals surface area (Å²) in [6, 6.07) is 6.70. The van der Waals surface area contributed by atoms with E-state index < -0.39 is 10.0 Å². The maximum atomic E-state index is 13.8. The average Bonchev–Trinajstić information content (AvgIpc) is 2.97. The van der Waals surface area contributed by atoms with Crippen LogP contribution >= 0.6 is 0 Å². The quantitative estimate of drug-likeness (QED) is 0.678. The highest BCUT2D eigenvalue weighted by Gasteiger charge is 2.34. The summed E-state index contributed by atoms with van der Waals surface area (Å²) < 4.78 is 35.5. The van der Waals surface area contributed by atoms with Gasteiger partial charge in [0, 0.05) is 20.1 Å². The molecule has 2 aromatic rings. The van der Waals surface area contributed by atoms with Crippen LogP contribution in [0.2, 0.25) is 0 Å². The summed E-state index contributed by atoms with van der Waals surface area (Å²) >= 11 is 0. The molecule has 0 N–H and O–H groups in total. The van der Waals surface area contributed by atoms with Crippen molar-refractivity contribution < 1.29 is 17.9 Å². The third kappa shape index (κ3) is 4.71. The number of benzene rings is 1. The van der Waals surface area contributed by atoms with Crippen molar-refractivity contribution in [2.75, 3.05) is 31.0 Å². The Kier molecular flexibility index (Phi) is 6.64. The minimum absolute atomic E-state index is 0.138. The van der Waals surface area contributed by atoms with Crippen LogP contribution in [0.1, 0.15) is 31.7 Å². The molecule has 170 valence electrons. The molecule has 1 aromatic heterocycles. The number of carbonyl (C=O) groups excluding carboxylic acids is 1. The first-order valence-electron chi connectivity index (χ1n) is 10.5. The van der Waals surface area contributed by atoms with E-state index in [1.165, 1.54) is 4.31 Å². The molecule has 0 bridgehead atoms. The monoisotopic (exact) mass is 448 g/mol. The highest BCUT2D eigenvalue weighted by molar-refractivity contribution is 7.93. The van der Waals surface area contributed by atoms with Crippen LogP contribution in [0.4, 0.5) is 5.69 Å². The molecular formula is C22H32N4O4S. The number of piperidine rings is 1. The molecular weight excluding hydrogens is 416 g/mol. The Morgan fingerprint density at radius 2 is 1.74 bits per heavy atom. The van der Waals surface area contributed by atoms with Crippen molar-refractivity contribution in [3.63, 3.8) is 0 Å². The van der Waals surface area contributed by atoms with E-state index in [1.807, 2.05) is 0 Å². The summed E-state index contributed by atoms with van der Waals surface area (Å²) in [7, 11) is -0.755. The number of amides is 1. The summed E-state index contributed by atoms with van der Waals surface area (Å²) in [5.41, 5.74) is 1.35. The van der Waals surface area contributed by atoms with Gasteiger partial charge in [-0.05, 0) is 56.4 Å². The lowest BCUT2D eigenvalue weighted by molar-refractivity contribution is -0.132. The molecule has 8 nitrogen and oxygen atoms in total. The standard InChI is InChI=1S/C22H32N4O4S/c1-15-11-16(2)13-25(12-15)21(27)14-26(19-7-9-20(30-6)10-8-19)31(28,29)22-17(3)23-24(5)18(22)4/h7-10,15-16H,11-14H2,1-6H3/t15-,16-/m1/s1. The third-order valence-electron chi connectivity index (χ3n) is 5.85. The van der Waals surface area contributed by atoms with E-state index in [-0.39, 0.29) is 17.3 Å². The number of aromatic nitrogens is 2. The molecule has 2 heterocycles. The topological polar surface area (TPSA) is 84.7 Å². The van der Waals surface area contributed by atoms with Gasteiger partial charge >= 0.3 is 0 Å². The molecule has 0 spiro atoms. The minimum atomic E-state index is -4.01. The number of ether oxygens (including phenoxy) is 1. The second kappa shape index (κ2) is 8.90. The molecule has 2 atom stereocenters. The van der Waals surface area contributed by atoms with E-state index >= 15 is 0 Å². The first-order valence-corrected chi connectivity index (χ1v) is 11.9. The van der Waals surface area contributed by atoms with E-state index in [0.29, 0.717) is 47.8 Å². The summed E-state index contributed by atoms with van der Waals surface area (Å²) in [5, 5.41) is 4.26. The minimum Gasteiger partial charge on any atom is -0.497 e.